The molecule has 1 aromatic carbocycles. The highest BCUT2D eigenvalue weighted by Gasteiger charge is 2.45. The topological polar surface area (TPSA) is 113 Å². The highest BCUT2D eigenvalue weighted by molar-refractivity contribution is 6.70. The number of ether oxygens (including phenoxy) is 1. The number of nitrogens with one attached hydrogen (secondary N) is 1. The first-order valence-electron chi connectivity index (χ1n) is 5.95. The lowest BCUT2D eigenvalue weighted by Crippen LogP contribution is -2.32. The molecule has 0 bridgehead atoms. The van der Waals surface area contributed by atoms with Crippen LogP contribution in [0.4, 0.5) is 30.2 Å². The van der Waals surface area contributed by atoms with E-state index in [-0.39, 0.29) is 22.8 Å². The fourth-order valence-electron chi connectivity index (χ4n) is 1.81. The van der Waals surface area contributed by atoms with Crippen LogP contribution in [0.5, 0.6) is 5.75 Å². The van der Waals surface area contributed by atoms with E-state index in [0.29, 0.717) is 0 Å². The van der Waals surface area contributed by atoms with Crippen LogP contribution in [-0.4, -0.2) is 42.6 Å². The molecule has 0 amide bonds. The third-order valence-electron chi connectivity index (χ3n) is 2.90. The summed E-state index contributed by atoms with van der Waals surface area (Å²) in [5.74, 6) is -0.264. The minimum atomic E-state index is -4.73. The van der Waals surface area contributed by atoms with Crippen LogP contribution >= 0.6 is 0 Å². The number of methoxy groups -OCH3 is 1. The molecule has 7 nitrogen and oxygen atoms in total. The van der Waals surface area contributed by atoms with Crippen molar-refractivity contribution in [1.29, 1.82) is 5.41 Å². The second kappa shape index (κ2) is 5.20. The van der Waals surface area contributed by atoms with E-state index in [4.69, 9.17) is 21.6 Å². The van der Waals surface area contributed by atoms with Gasteiger partial charge in [-0.1, -0.05) is 0 Å². The zero-order valence-corrected chi connectivity index (χ0v) is 11.7. The van der Waals surface area contributed by atoms with E-state index in [1.54, 1.807) is 0 Å². The van der Waals surface area contributed by atoms with Gasteiger partial charge in [0.25, 0.3) is 0 Å². The number of hydrogen-bond donors (Lipinski definition) is 3. The third kappa shape index (κ3) is 2.67. The van der Waals surface area contributed by atoms with Crippen molar-refractivity contribution in [2.24, 2.45) is 10.1 Å². The number of hydrazone groups is 1. The molecule has 0 atom stereocenters. The average molecular weight is 314 g/mol. The summed E-state index contributed by atoms with van der Waals surface area (Å²) in [6, 6.07) is 2.63. The maximum atomic E-state index is 13.0. The van der Waals surface area contributed by atoms with Crippen molar-refractivity contribution in [3.8, 4) is 5.75 Å². The molecule has 22 heavy (non-hydrogen) atoms. The van der Waals surface area contributed by atoms with Crippen LogP contribution in [0.2, 0.25) is 0 Å². The quantitative estimate of drug-likeness (QED) is 0.722. The van der Waals surface area contributed by atoms with Crippen LogP contribution in [0.3, 0.4) is 0 Å². The SMILES string of the molecule is COc1cc(N=C2C(=N)N(C)N=C2C(F)(F)F)c(N)cc1N. The van der Waals surface area contributed by atoms with Gasteiger partial charge in [-0.25, -0.2) is 10.0 Å². The number of benzene rings is 1. The zero-order valence-electron chi connectivity index (χ0n) is 11.7. The van der Waals surface area contributed by atoms with E-state index in [0.717, 1.165) is 5.01 Å². The number of aliphatic imine (C=N–C) groups is 1. The molecular weight excluding hydrogens is 301 g/mol. The Morgan fingerprint density at radius 1 is 1.27 bits per heavy atom. The number of nitrogens with two attached hydrogens (primary N) is 2. The Morgan fingerprint density at radius 2 is 1.91 bits per heavy atom. The molecule has 0 saturated carbocycles. The normalized spacial score (nSPS) is 17.1. The van der Waals surface area contributed by atoms with E-state index in [2.05, 4.69) is 10.1 Å². The van der Waals surface area contributed by atoms with E-state index >= 15 is 0 Å². The summed E-state index contributed by atoms with van der Waals surface area (Å²) in [4.78, 5) is 3.83. The maximum absolute atomic E-state index is 13.0. The molecule has 0 spiro atoms. The molecule has 10 heteroatoms. The highest BCUT2D eigenvalue weighted by Crippen LogP contribution is 2.34. The summed E-state index contributed by atoms with van der Waals surface area (Å²) < 4.78 is 43.9. The zero-order chi connectivity index (χ0) is 16.7. The molecule has 2 rings (SSSR count). The fraction of sp³-hybridized carbons (Fsp3) is 0.250. The maximum Gasteiger partial charge on any atom is 0.437 e. The summed E-state index contributed by atoms with van der Waals surface area (Å²) in [5.41, 5.74) is 9.79. The van der Waals surface area contributed by atoms with E-state index < -0.39 is 23.4 Å². The molecule has 5 N–H and O–H groups in total. The van der Waals surface area contributed by atoms with Crippen LogP contribution in [0.1, 0.15) is 0 Å². The van der Waals surface area contributed by atoms with Crippen molar-refractivity contribution in [1.82, 2.24) is 5.01 Å². The minimum absolute atomic E-state index is 0.0121. The van der Waals surface area contributed by atoms with Crippen LogP contribution < -0.4 is 16.2 Å². The number of amidine groups is 1. The molecule has 0 radical (unpaired) electrons. The largest absolute Gasteiger partial charge is 0.495 e. The van der Waals surface area contributed by atoms with Gasteiger partial charge in [0.05, 0.1) is 24.2 Å². The molecule has 0 saturated heterocycles. The van der Waals surface area contributed by atoms with Gasteiger partial charge in [-0.3, -0.25) is 5.41 Å². The smallest absolute Gasteiger partial charge is 0.437 e. The Labute approximate surface area is 123 Å². The Bertz CT molecular complexity index is 695. The number of nitrogen functional groups attached to an aromatic ring is 2. The first kappa shape index (κ1) is 15.6. The second-order valence-corrected chi connectivity index (χ2v) is 4.43. The molecule has 0 aromatic heterocycles. The third-order valence-corrected chi connectivity index (χ3v) is 2.90. The molecule has 1 aliphatic rings. The Balaban J connectivity index is 2.57. The summed E-state index contributed by atoms with van der Waals surface area (Å²) in [7, 11) is 2.58. The number of nitrogens with zero attached hydrogens (tertiary/aromatic N) is 3. The number of rotatable bonds is 2. The van der Waals surface area contributed by atoms with E-state index in [1.165, 1.54) is 26.3 Å². The van der Waals surface area contributed by atoms with Crippen molar-refractivity contribution in [3.05, 3.63) is 12.1 Å². The van der Waals surface area contributed by atoms with Crippen molar-refractivity contribution < 1.29 is 17.9 Å². The number of hydrogen-bond acceptors (Lipinski definition) is 6. The van der Waals surface area contributed by atoms with Gasteiger partial charge in [-0.2, -0.15) is 18.3 Å². The number of halogens is 3. The second-order valence-electron chi connectivity index (χ2n) is 4.43. The lowest BCUT2D eigenvalue weighted by Gasteiger charge is -2.10. The fourth-order valence-corrected chi connectivity index (χ4v) is 1.81. The summed E-state index contributed by atoms with van der Waals surface area (Å²) in [6.07, 6.45) is -4.73. The Kier molecular flexibility index (Phi) is 3.69. The standard InChI is InChI=1S/C12H13F3N6O/c1-21-11(18)9(10(20-21)12(13,14)15)19-7-4-8(22-2)6(17)3-5(7)16/h3-4,18H,16-17H2,1-2H3. The first-order valence-corrected chi connectivity index (χ1v) is 5.95. The molecular formula is C12H13F3N6O. The van der Waals surface area contributed by atoms with Gasteiger partial charge >= 0.3 is 6.18 Å². The van der Waals surface area contributed by atoms with Crippen LogP contribution in [-0.2, 0) is 0 Å². The van der Waals surface area contributed by atoms with Crippen LogP contribution in [0.25, 0.3) is 0 Å². The minimum Gasteiger partial charge on any atom is -0.495 e. The first-order chi connectivity index (χ1) is 10.1. The van der Waals surface area contributed by atoms with Crippen molar-refractivity contribution >= 4 is 34.3 Å². The lowest BCUT2D eigenvalue weighted by atomic mass is 10.2. The summed E-state index contributed by atoms with van der Waals surface area (Å²) >= 11 is 0. The molecule has 118 valence electrons. The van der Waals surface area contributed by atoms with Gasteiger partial charge in [0.15, 0.2) is 11.5 Å². The van der Waals surface area contributed by atoms with E-state index in [9.17, 15) is 13.2 Å². The summed E-state index contributed by atoms with van der Waals surface area (Å²) in [5, 5.41) is 11.7. The van der Waals surface area contributed by atoms with Crippen molar-refractivity contribution in [2.45, 2.75) is 6.18 Å². The molecule has 1 aliphatic heterocycles. The molecule has 1 aromatic rings. The lowest BCUT2D eigenvalue weighted by molar-refractivity contribution is -0.0570. The van der Waals surface area contributed by atoms with Gasteiger partial charge in [0.2, 0.25) is 0 Å². The molecule has 0 aliphatic carbocycles. The van der Waals surface area contributed by atoms with Gasteiger partial charge in [0, 0.05) is 13.1 Å². The van der Waals surface area contributed by atoms with Crippen molar-refractivity contribution in [2.75, 3.05) is 25.6 Å². The number of anilines is 2. The molecule has 1 heterocycles. The predicted octanol–water partition coefficient (Wildman–Crippen LogP) is 1.77. The number of alkyl halides is 3. The van der Waals surface area contributed by atoms with Crippen LogP contribution in [0, 0.1) is 5.41 Å². The van der Waals surface area contributed by atoms with Crippen molar-refractivity contribution in [3.63, 3.8) is 0 Å². The van der Waals surface area contributed by atoms with Gasteiger partial charge in [-0.05, 0) is 6.07 Å². The molecule has 0 fully saturated rings. The monoisotopic (exact) mass is 314 g/mol. The summed E-state index contributed by atoms with van der Waals surface area (Å²) in [6.45, 7) is 0. The highest BCUT2D eigenvalue weighted by atomic mass is 19.4. The average Bonchev–Trinajstić information content (AvgIpc) is 2.69. The van der Waals surface area contributed by atoms with Gasteiger partial charge in [0.1, 0.15) is 11.5 Å². The van der Waals surface area contributed by atoms with Crippen LogP contribution in [0.15, 0.2) is 22.2 Å². The Morgan fingerprint density at radius 3 is 2.45 bits per heavy atom. The van der Waals surface area contributed by atoms with Gasteiger partial charge < -0.3 is 16.2 Å². The molecule has 0 unspecified atom stereocenters. The van der Waals surface area contributed by atoms with E-state index in [1.807, 2.05) is 0 Å². The Hall–Kier alpha value is -2.78. The predicted molar refractivity (Wildman–Crippen MR) is 77.9 cm³/mol. The van der Waals surface area contributed by atoms with Gasteiger partial charge in [-0.15, -0.1) is 0 Å².